The van der Waals surface area contributed by atoms with Gasteiger partial charge >= 0.3 is 12.0 Å². The Morgan fingerprint density at radius 1 is 1.20 bits per heavy atom. The SMILES string of the molecule is CC(C)C(C)N(C)C(=O)N(C)CC(=O)O. The number of nitrogens with zero attached hydrogens (tertiary/aromatic N) is 2. The molecule has 1 atom stereocenters. The molecule has 15 heavy (non-hydrogen) atoms. The van der Waals surface area contributed by atoms with Gasteiger partial charge in [0.05, 0.1) is 0 Å². The van der Waals surface area contributed by atoms with Crippen LogP contribution in [0.2, 0.25) is 0 Å². The number of carbonyl (C=O) groups is 2. The molecule has 0 bridgehead atoms. The molecule has 0 heterocycles. The molecule has 1 unspecified atom stereocenters. The summed E-state index contributed by atoms with van der Waals surface area (Å²) in [5.74, 6) is -0.659. The van der Waals surface area contributed by atoms with Crippen LogP contribution in [-0.4, -0.2) is 53.6 Å². The lowest BCUT2D eigenvalue weighted by molar-refractivity contribution is -0.137. The van der Waals surface area contributed by atoms with Crippen molar-refractivity contribution in [2.75, 3.05) is 20.6 Å². The van der Waals surface area contributed by atoms with Crippen LogP contribution in [0.25, 0.3) is 0 Å². The summed E-state index contributed by atoms with van der Waals surface area (Å²) in [6, 6.07) is -0.174. The zero-order valence-electron chi connectivity index (χ0n) is 10.0. The molecule has 0 rings (SSSR count). The zero-order valence-corrected chi connectivity index (χ0v) is 10.0. The lowest BCUT2D eigenvalue weighted by atomic mass is 10.1. The molecule has 88 valence electrons. The minimum absolute atomic E-state index is 0.0914. The van der Waals surface area contributed by atoms with E-state index >= 15 is 0 Å². The molecule has 0 aliphatic carbocycles. The lowest BCUT2D eigenvalue weighted by Gasteiger charge is -2.31. The monoisotopic (exact) mass is 216 g/mol. The van der Waals surface area contributed by atoms with Crippen molar-refractivity contribution in [2.24, 2.45) is 5.92 Å². The van der Waals surface area contributed by atoms with Gasteiger partial charge in [-0.3, -0.25) is 4.79 Å². The standard InChI is InChI=1S/C10H20N2O3/c1-7(2)8(3)12(5)10(15)11(4)6-9(13)14/h7-8H,6H2,1-5H3,(H,13,14). The number of amides is 2. The van der Waals surface area contributed by atoms with Crippen molar-refractivity contribution in [3.8, 4) is 0 Å². The second kappa shape index (κ2) is 5.58. The number of likely N-dealkylation sites (N-methyl/N-ethyl adjacent to an activating group) is 1. The molecule has 2 amide bonds. The first kappa shape index (κ1) is 13.7. The molecule has 0 aromatic heterocycles. The van der Waals surface area contributed by atoms with Crippen LogP contribution in [0.4, 0.5) is 4.79 Å². The Morgan fingerprint density at radius 2 is 1.67 bits per heavy atom. The van der Waals surface area contributed by atoms with Crippen LogP contribution in [0.5, 0.6) is 0 Å². The third-order valence-corrected chi connectivity index (χ3v) is 2.58. The molecule has 0 aliphatic heterocycles. The summed E-state index contributed by atoms with van der Waals surface area (Å²) in [5.41, 5.74) is 0. The Morgan fingerprint density at radius 3 is 2.00 bits per heavy atom. The largest absolute Gasteiger partial charge is 0.480 e. The molecule has 0 spiro atoms. The van der Waals surface area contributed by atoms with Gasteiger partial charge in [0.15, 0.2) is 0 Å². The van der Waals surface area contributed by atoms with Gasteiger partial charge in [-0.2, -0.15) is 0 Å². The average molecular weight is 216 g/mol. The minimum atomic E-state index is -1.00. The summed E-state index contributed by atoms with van der Waals surface area (Å²) in [5, 5.41) is 8.55. The van der Waals surface area contributed by atoms with Gasteiger partial charge in [-0.1, -0.05) is 13.8 Å². The van der Waals surface area contributed by atoms with Gasteiger partial charge in [0, 0.05) is 20.1 Å². The van der Waals surface area contributed by atoms with Crippen molar-refractivity contribution in [3.63, 3.8) is 0 Å². The molecule has 5 nitrogen and oxygen atoms in total. The molecule has 0 aromatic rings. The molecular formula is C10H20N2O3. The Labute approximate surface area is 90.7 Å². The van der Waals surface area contributed by atoms with Crippen LogP contribution in [0.15, 0.2) is 0 Å². The van der Waals surface area contributed by atoms with Crippen LogP contribution in [0.3, 0.4) is 0 Å². The first-order chi connectivity index (χ1) is 6.77. The van der Waals surface area contributed by atoms with Gasteiger partial charge in [0.2, 0.25) is 0 Å². The maximum absolute atomic E-state index is 11.7. The predicted molar refractivity (Wildman–Crippen MR) is 57.7 cm³/mol. The molecule has 0 aromatic carbocycles. The highest BCUT2D eigenvalue weighted by Gasteiger charge is 2.22. The average Bonchev–Trinajstić information content (AvgIpc) is 2.13. The van der Waals surface area contributed by atoms with E-state index in [4.69, 9.17) is 5.11 Å². The summed E-state index contributed by atoms with van der Waals surface area (Å²) < 4.78 is 0. The number of aliphatic carboxylic acids is 1. The second-order valence-electron chi connectivity index (χ2n) is 4.13. The number of urea groups is 1. The van der Waals surface area contributed by atoms with E-state index in [-0.39, 0.29) is 18.6 Å². The summed E-state index contributed by atoms with van der Waals surface area (Å²) in [6.45, 7) is 5.71. The molecular weight excluding hydrogens is 196 g/mol. The van der Waals surface area contributed by atoms with Crippen molar-refractivity contribution in [1.29, 1.82) is 0 Å². The van der Waals surface area contributed by atoms with Crippen molar-refractivity contribution in [3.05, 3.63) is 0 Å². The van der Waals surface area contributed by atoms with Gasteiger partial charge < -0.3 is 14.9 Å². The zero-order chi connectivity index (χ0) is 12.2. The molecule has 0 radical (unpaired) electrons. The summed E-state index contributed by atoms with van der Waals surface area (Å²) >= 11 is 0. The quantitative estimate of drug-likeness (QED) is 0.765. The molecule has 0 saturated carbocycles. The van der Waals surface area contributed by atoms with Gasteiger partial charge in [-0.25, -0.2) is 4.79 Å². The fraction of sp³-hybridized carbons (Fsp3) is 0.800. The van der Waals surface area contributed by atoms with E-state index in [1.807, 2.05) is 20.8 Å². The Balaban J connectivity index is 4.37. The molecule has 1 N–H and O–H groups in total. The van der Waals surface area contributed by atoms with E-state index in [0.29, 0.717) is 5.92 Å². The highest BCUT2D eigenvalue weighted by Crippen LogP contribution is 2.09. The minimum Gasteiger partial charge on any atom is -0.480 e. The van der Waals surface area contributed by atoms with Crippen LogP contribution in [0.1, 0.15) is 20.8 Å². The molecule has 0 fully saturated rings. The smallest absolute Gasteiger partial charge is 0.323 e. The Kier molecular flexibility index (Phi) is 5.11. The van der Waals surface area contributed by atoms with E-state index in [1.54, 1.807) is 11.9 Å². The van der Waals surface area contributed by atoms with Gasteiger partial charge in [-0.15, -0.1) is 0 Å². The van der Waals surface area contributed by atoms with Crippen molar-refractivity contribution >= 4 is 12.0 Å². The van der Waals surface area contributed by atoms with E-state index in [2.05, 4.69) is 0 Å². The number of carboxylic acid groups (broad SMARTS) is 1. The number of hydrogen-bond acceptors (Lipinski definition) is 2. The fourth-order valence-corrected chi connectivity index (χ4v) is 1.16. The Bertz CT molecular complexity index is 241. The molecule has 5 heteroatoms. The van der Waals surface area contributed by atoms with Gasteiger partial charge in [-0.05, 0) is 12.8 Å². The van der Waals surface area contributed by atoms with Gasteiger partial charge in [0.1, 0.15) is 6.54 Å². The predicted octanol–water partition coefficient (Wildman–Crippen LogP) is 1.10. The van der Waals surface area contributed by atoms with Crippen molar-refractivity contribution < 1.29 is 14.7 Å². The van der Waals surface area contributed by atoms with Crippen molar-refractivity contribution in [1.82, 2.24) is 9.80 Å². The summed E-state index contributed by atoms with van der Waals surface area (Å²) in [6.07, 6.45) is 0. The van der Waals surface area contributed by atoms with E-state index in [9.17, 15) is 9.59 Å². The van der Waals surface area contributed by atoms with Crippen LogP contribution < -0.4 is 0 Å². The topological polar surface area (TPSA) is 60.9 Å². The van der Waals surface area contributed by atoms with Crippen LogP contribution in [0, 0.1) is 5.92 Å². The second-order valence-corrected chi connectivity index (χ2v) is 4.13. The van der Waals surface area contributed by atoms with E-state index in [1.165, 1.54) is 11.9 Å². The van der Waals surface area contributed by atoms with Crippen LogP contribution >= 0.6 is 0 Å². The lowest BCUT2D eigenvalue weighted by Crippen LogP contribution is -2.46. The summed E-state index contributed by atoms with van der Waals surface area (Å²) in [7, 11) is 3.17. The normalized spacial score (nSPS) is 12.4. The van der Waals surface area contributed by atoms with Crippen LogP contribution in [-0.2, 0) is 4.79 Å². The third kappa shape index (κ3) is 4.18. The third-order valence-electron chi connectivity index (χ3n) is 2.58. The Hall–Kier alpha value is -1.26. The van der Waals surface area contributed by atoms with Gasteiger partial charge in [0.25, 0.3) is 0 Å². The van der Waals surface area contributed by atoms with E-state index < -0.39 is 5.97 Å². The fourth-order valence-electron chi connectivity index (χ4n) is 1.16. The number of carbonyl (C=O) groups excluding carboxylic acids is 1. The molecule has 0 aliphatic rings. The highest BCUT2D eigenvalue weighted by atomic mass is 16.4. The van der Waals surface area contributed by atoms with Crippen molar-refractivity contribution in [2.45, 2.75) is 26.8 Å². The first-order valence-corrected chi connectivity index (χ1v) is 4.97. The number of rotatable bonds is 4. The number of hydrogen-bond donors (Lipinski definition) is 1. The maximum Gasteiger partial charge on any atom is 0.323 e. The van der Waals surface area contributed by atoms with E-state index in [0.717, 1.165) is 0 Å². The maximum atomic E-state index is 11.7. The number of carboxylic acids is 1. The summed E-state index contributed by atoms with van der Waals surface area (Å²) in [4.78, 5) is 24.9. The highest BCUT2D eigenvalue weighted by molar-refractivity contribution is 5.79. The molecule has 0 saturated heterocycles. The first-order valence-electron chi connectivity index (χ1n) is 4.97.